The average molecular weight is 442 g/mol. The lowest BCUT2D eigenvalue weighted by atomic mass is 10.0. The van der Waals surface area contributed by atoms with Crippen LogP contribution in [-0.2, 0) is 6.18 Å². The van der Waals surface area contributed by atoms with E-state index in [4.69, 9.17) is 16.7 Å². The normalized spacial score (nSPS) is 11.9. The number of halogens is 7. The van der Waals surface area contributed by atoms with Gasteiger partial charge >= 0.3 is 12.5 Å². The second-order valence-electron chi connectivity index (χ2n) is 4.68. The molecule has 6 nitrogen and oxygen atoms in total. The van der Waals surface area contributed by atoms with Crippen LogP contribution in [0.3, 0.4) is 0 Å². The van der Waals surface area contributed by atoms with Crippen LogP contribution in [0.4, 0.5) is 38.1 Å². The highest BCUT2D eigenvalue weighted by molar-refractivity contribution is 9.10. The van der Waals surface area contributed by atoms with Crippen molar-refractivity contribution in [2.24, 2.45) is 0 Å². The summed E-state index contributed by atoms with van der Waals surface area (Å²) in [6.45, 7) is 0. The quantitative estimate of drug-likeness (QED) is 0.684. The molecule has 0 fully saturated rings. The van der Waals surface area contributed by atoms with Crippen molar-refractivity contribution >= 4 is 27.7 Å². The third-order valence-electron chi connectivity index (χ3n) is 2.91. The largest absolute Gasteiger partial charge is 0.573 e. The number of nitrogen functional groups attached to an aromatic ring is 2. The Bertz CT molecular complexity index is 906. The fraction of sp³-hybridized carbons (Fsp3) is 0.154. The lowest BCUT2D eigenvalue weighted by Crippen LogP contribution is -2.20. The van der Waals surface area contributed by atoms with Gasteiger partial charge in [0.05, 0.1) is 15.7 Å². The zero-order valence-electron chi connectivity index (χ0n) is 12.2. The van der Waals surface area contributed by atoms with Gasteiger partial charge in [-0.05, 0) is 28.1 Å². The van der Waals surface area contributed by atoms with E-state index in [0.29, 0.717) is 6.07 Å². The van der Waals surface area contributed by atoms with Gasteiger partial charge in [0, 0.05) is 5.56 Å². The second-order valence-corrected chi connectivity index (χ2v) is 5.54. The number of nitrogens with zero attached hydrogens (tertiary/aromatic N) is 3. The van der Waals surface area contributed by atoms with E-state index in [1.54, 1.807) is 6.07 Å². The fourth-order valence-electron chi connectivity index (χ4n) is 1.98. The molecule has 13 heteroatoms. The molecule has 4 N–H and O–H groups in total. The van der Waals surface area contributed by atoms with E-state index in [1.165, 1.54) is 0 Å². The van der Waals surface area contributed by atoms with Crippen LogP contribution in [0.1, 0.15) is 11.1 Å². The van der Waals surface area contributed by atoms with E-state index in [0.717, 1.165) is 6.07 Å². The standard InChI is InChI=1S/C13H6BrF6N5O/c14-7-2-4(8-5(3-21)10(22)25-11(23)24-8)1-6(12(15,16)17)9(7)26-13(18,19)20/h1-2H,(H4,22,23,24,25). The molecule has 0 spiro atoms. The molecule has 0 unspecified atom stereocenters. The number of anilines is 2. The summed E-state index contributed by atoms with van der Waals surface area (Å²) >= 11 is 2.61. The summed E-state index contributed by atoms with van der Waals surface area (Å²) in [6.07, 6.45) is -10.6. The highest BCUT2D eigenvalue weighted by atomic mass is 79.9. The molecule has 0 atom stereocenters. The number of benzene rings is 1. The summed E-state index contributed by atoms with van der Waals surface area (Å²) in [5, 5.41) is 9.10. The smallest absolute Gasteiger partial charge is 0.404 e. The van der Waals surface area contributed by atoms with Gasteiger partial charge in [-0.1, -0.05) is 0 Å². The Morgan fingerprint density at radius 1 is 1.08 bits per heavy atom. The predicted octanol–water partition coefficient (Wildman–Crippen LogP) is 3.86. The first-order chi connectivity index (χ1) is 11.8. The van der Waals surface area contributed by atoms with Gasteiger partial charge in [-0.2, -0.15) is 23.4 Å². The zero-order valence-corrected chi connectivity index (χ0v) is 13.8. The van der Waals surface area contributed by atoms with Gasteiger partial charge in [-0.15, -0.1) is 13.2 Å². The lowest BCUT2D eigenvalue weighted by Gasteiger charge is -2.18. The molecule has 1 aromatic heterocycles. The monoisotopic (exact) mass is 441 g/mol. The third-order valence-corrected chi connectivity index (χ3v) is 3.50. The van der Waals surface area contributed by atoms with Gasteiger partial charge in [0.2, 0.25) is 5.95 Å². The van der Waals surface area contributed by atoms with Crippen LogP contribution in [-0.4, -0.2) is 16.3 Å². The van der Waals surface area contributed by atoms with Crippen molar-refractivity contribution in [1.82, 2.24) is 9.97 Å². The van der Waals surface area contributed by atoms with Crippen LogP contribution >= 0.6 is 15.9 Å². The fourth-order valence-corrected chi connectivity index (χ4v) is 2.52. The maximum Gasteiger partial charge on any atom is 0.573 e. The lowest BCUT2D eigenvalue weighted by molar-refractivity contribution is -0.276. The minimum Gasteiger partial charge on any atom is -0.404 e. The summed E-state index contributed by atoms with van der Waals surface area (Å²) < 4.78 is 79.8. The van der Waals surface area contributed by atoms with Crippen molar-refractivity contribution in [2.45, 2.75) is 12.5 Å². The summed E-state index contributed by atoms with van der Waals surface area (Å²) in [7, 11) is 0. The molecule has 0 aliphatic carbocycles. The maximum atomic E-state index is 13.2. The van der Waals surface area contributed by atoms with Crippen LogP contribution in [0.15, 0.2) is 16.6 Å². The molecule has 1 heterocycles. The van der Waals surface area contributed by atoms with Gasteiger partial charge in [0.25, 0.3) is 0 Å². The van der Waals surface area contributed by atoms with Gasteiger partial charge in [0.15, 0.2) is 5.75 Å². The number of nitriles is 1. The number of alkyl halides is 6. The molecule has 2 aromatic rings. The van der Waals surface area contributed by atoms with Gasteiger partial charge in [0.1, 0.15) is 17.5 Å². The molecule has 0 aliphatic heterocycles. The number of aromatic nitrogens is 2. The topological polar surface area (TPSA) is 111 Å². The van der Waals surface area contributed by atoms with Crippen molar-refractivity contribution < 1.29 is 31.1 Å². The highest BCUT2D eigenvalue weighted by Crippen LogP contribution is 2.45. The predicted molar refractivity (Wildman–Crippen MR) is 80.4 cm³/mol. The number of rotatable bonds is 2. The molecule has 0 saturated carbocycles. The summed E-state index contributed by atoms with van der Waals surface area (Å²) in [4.78, 5) is 7.16. The van der Waals surface area contributed by atoms with E-state index in [2.05, 4.69) is 30.6 Å². The molecule has 0 aliphatic rings. The first-order valence-electron chi connectivity index (χ1n) is 6.33. The third kappa shape index (κ3) is 4.07. The van der Waals surface area contributed by atoms with Gasteiger partial charge in [-0.25, -0.2) is 4.98 Å². The molecule has 0 radical (unpaired) electrons. The minimum atomic E-state index is -5.36. The Morgan fingerprint density at radius 2 is 1.69 bits per heavy atom. The van der Waals surface area contributed by atoms with Crippen molar-refractivity contribution in [3.05, 3.63) is 27.7 Å². The molecule has 0 saturated heterocycles. The van der Waals surface area contributed by atoms with Gasteiger partial charge in [-0.3, -0.25) is 0 Å². The molecule has 138 valence electrons. The summed E-state index contributed by atoms with van der Waals surface area (Å²) in [5.41, 5.74) is 8.00. The SMILES string of the molecule is N#Cc1c(N)nc(N)nc1-c1cc(Br)c(OC(F)(F)F)c(C(F)(F)F)c1. The van der Waals surface area contributed by atoms with Gasteiger partial charge < -0.3 is 16.2 Å². The van der Waals surface area contributed by atoms with E-state index in [9.17, 15) is 26.3 Å². The number of nitrogens with two attached hydrogens (primary N) is 2. The molecule has 26 heavy (non-hydrogen) atoms. The highest BCUT2D eigenvalue weighted by Gasteiger charge is 2.41. The first kappa shape index (κ1) is 19.6. The zero-order chi connectivity index (χ0) is 19.9. The Hall–Kier alpha value is -2.75. The Morgan fingerprint density at radius 3 is 2.19 bits per heavy atom. The van der Waals surface area contributed by atoms with E-state index < -0.39 is 40.1 Å². The van der Waals surface area contributed by atoms with Crippen LogP contribution < -0.4 is 16.2 Å². The Kier molecular flexibility index (Phi) is 4.91. The Labute approximate surface area is 149 Å². The van der Waals surface area contributed by atoms with E-state index in [-0.39, 0.29) is 16.8 Å². The first-order valence-corrected chi connectivity index (χ1v) is 7.12. The molecular formula is C13H6BrF6N5O. The molecule has 0 amide bonds. The van der Waals surface area contributed by atoms with Crippen molar-refractivity contribution in [3.8, 4) is 23.1 Å². The average Bonchev–Trinajstić information content (AvgIpc) is 2.45. The molecule has 2 rings (SSSR count). The molecular weight excluding hydrogens is 436 g/mol. The minimum absolute atomic E-state index is 0.341. The van der Waals surface area contributed by atoms with Crippen LogP contribution in [0.25, 0.3) is 11.3 Å². The number of ether oxygens (including phenoxy) is 1. The van der Waals surface area contributed by atoms with Crippen LogP contribution in [0.2, 0.25) is 0 Å². The van der Waals surface area contributed by atoms with Crippen LogP contribution in [0, 0.1) is 11.3 Å². The molecule has 0 bridgehead atoms. The summed E-state index contributed by atoms with van der Waals surface area (Å²) in [6, 6.07) is 2.81. The maximum absolute atomic E-state index is 13.2. The van der Waals surface area contributed by atoms with Crippen LogP contribution in [0.5, 0.6) is 5.75 Å². The van der Waals surface area contributed by atoms with Crippen molar-refractivity contribution in [3.63, 3.8) is 0 Å². The van der Waals surface area contributed by atoms with Crippen molar-refractivity contribution in [1.29, 1.82) is 5.26 Å². The molecule has 1 aromatic carbocycles. The summed E-state index contributed by atoms with van der Waals surface area (Å²) in [5.74, 6) is -2.31. The number of hydrogen-bond acceptors (Lipinski definition) is 6. The second kappa shape index (κ2) is 6.52. The number of hydrogen-bond donors (Lipinski definition) is 2. The van der Waals surface area contributed by atoms with Crippen molar-refractivity contribution in [2.75, 3.05) is 11.5 Å². The van der Waals surface area contributed by atoms with E-state index in [1.807, 2.05) is 0 Å². The van der Waals surface area contributed by atoms with E-state index >= 15 is 0 Å². The Balaban J connectivity index is 2.79.